The molecule has 0 radical (unpaired) electrons. The van der Waals surface area contributed by atoms with Gasteiger partial charge in [0.05, 0.1) is 24.5 Å². The van der Waals surface area contributed by atoms with Gasteiger partial charge in [-0.2, -0.15) is 0 Å². The second-order valence-electron chi connectivity index (χ2n) is 21.5. The van der Waals surface area contributed by atoms with Crippen LogP contribution in [0.5, 0.6) is 0 Å². The molecule has 0 amide bonds. The number of ether oxygens (including phenoxy) is 1. The molecule has 61 heavy (non-hydrogen) atoms. The second-order valence-corrected chi connectivity index (χ2v) is 21.5. The summed E-state index contributed by atoms with van der Waals surface area (Å²) in [7, 11) is 1.66. The lowest BCUT2D eigenvalue weighted by molar-refractivity contribution is -0.143. The Morgan fingerprint density at radius 3 is 2.38 bits per heavy atom. The van der Waals surface area contributed by atoms with Crippen molar-refractivity contribution in [3.63, 3.8) is 0 Å². The molecule has 9 heteroatoms. The van der Waals surface area contributed by atoms with Crippen molar-refractivity contribution in [3.8, 4) is 11.8 Å². The van der Waals surface area contributed by atoms with Crippen molar-refractivity contribution in [2.45, 2.75) is 193 Å². The first-order valence-corrected chi connectivity index (χ1v) is 25.2. The number of rotatable bonds is 11. The third kappa shape index (κ3) is 10.7. The average Bonchev–Trinajstić information content (AvgIpc) is 3.71. The number of aliphatic imine (C=N–C) groups is 1. The van der Waals surface area contributed by atoms with E-state index in [9.17, 15) is 24.9 Å². The van der Waals surface area contributed by atoms with E-state index >= 15 is 0 Å². The molecule has 1 saturated heterocycles. The normalized spacial score (nSPS) is 38.8. The Kier molecular flexibility index (Phi) is 16.4. The Morgan fingerprint density at radius 1 is 0.934 bits per heavy atom. The monoisotopic (exact) mass is 845 g/mol. The zero-order chi connectivity index (χ0) is 43.3. The predicted octanol–water partition coefficient (Wildman–Crippen LogP) is 8.13. The number of allylic oxidation sites excluding steroid dienone is 1. The number of Topliss-reactive ketones (excluding diaryl/α,β-unsaturated/α-hetero) is 2. The maximum Gasteiger partial charge on any atom is 0.183 e. The number of carbonyl (C=O) groups excluding carboxylic acids is 2. The topological polar surface area (TPSA) is 154 Å². The zero-order valence-corrected chi connectivity index (χ0v) is 38.2. The van der Waals surface area contributed by atoms with E-state index in [-0.39, 0.29) is 71.7 Å². The summed E-state index contributed by atoms with van der Waals surface area (Å²) in [5.41, 5.74) is 7.08. The lowest BCUT2D eigenvalue weighted by atomic mass is 9.61. The Hall–Kier alpha value is -2.06. The van der Waals surface area contributed by atoms with E-state index in [0.29, 0.717) is 43.4 Å². The summed E-state index contributed by atoms with van der Waals surface area (Å²) >= 11 is 0. The molecule has 4 saturated carbocycles. The van der Waals surface area contributed by atoms with Crippen LogP contribution in [0.4, 0.5) is 0 Å². The van der Waals surface area contributed by atoms with Gasteiger partial charge in [0.2, 0.25) is 0 Å². The SMILES string of the molecule is CCCC(C1CC(CC2CCNC(N)C2)CC2C#CC(C3CCCCC3)C3CC(O)C(OC)CC3CCC(=O)C(O)C(=O)C2C1)C(O)C1(C2=C[C+](C(C)C)C=N2)CCCCC1. The van der Waals surface area contributed by atoms with Crippen LogP contribution < -0.4 is 11.1 Å². The van der Waals surface area contributed by atoms with E-state index in [1.54, 1.807) is 7.11 Å². The summed E-state index contributed by atoms with van der Waals surface area (Å²) in [4.78, 5) is 34.1. The number of nitrogens with one attached hydrogen (secondary N) is 1. The molecule has 7 aliphatic rings. The van der Waals surface area contributed by atoms with Crippen molar-refractivity contribution in [1.29, 1.82) is 0 Å². The highest BCUT2D eigenvalue weighted by molar-refractivity contribution is 6.06. The largest absolute Gasteiger partial charge is 0.390 e. The number of carbonyl (C=O) groups is 2. The highest BCUT2D eigenvalue weighted by Crippen LogP contribution is 2.54. The number of nitrogens with zero attached hydrogens (tertiary/aromatic N) is 1. The van der Waals surface area contributed by atoms with Crippen LogP contribution in [0.3, 0.4) is 0 Å². The van der Waals surface area contributed by atoms with Crippen molar-refractivity contribution in [2.24, 2.45) is 81.2 Å². The van der Waals surface area contributed by atoms with Gasteiger partial charge >= 0.3 is 0 Å². The number of fused-ring (bicyclic) bond motifs is 2. The van der Waals surface area contributed by atoms with Crippen LogP contribution in [0.25, 0.3) is 0 Å². The van der Waals surface area contributed by atoms with Crippen LogP contribution in [0.1, 0.15) is 162 Å². The molecule has 6 N–H and O–H groups in total. The number of hydrogen-bond acceptors (Lipinski definition) is 9. The summed E-state index contributed by atoms with van der Waals surface area (Å²) in [6, 6.07) is 0. The van der Waals surface area contributed by atoms with Crippen LogP contribution in [0, 0.1) is 88.3 Å². The number of aliphatic hydroxyl groups excluding tert-OH is 3. The zero-order valence-electron chi connectivity index (χ0n) is 38.2. The molecule has 0 spiro atoms. The number of nitrogens with two attached hydrogens (primary N) is 1. The molecule has 9 nitrogen and oxygen atoms in total. The van der Waals surface area contributed by atoms with E-state index in [1.165, 1.54) is 25.2 Å². The number of ketones is 2. The fraction of sp³-hybridized carbons (Fsp3) is 0.846. The molecule has 5 fully saturated rings. The molecule has 2 heterocycles. The number of methoxy groups -OCH3 is 1. The minimum absolute atomic E-state index is 0.0163. The number of aliphatic hydroxyl groups is 3. The molecule has 340 valence electrons. The van der Waals surface area contributed by atoms with E-state index < -0.39 is 29.6 Å². The number of hydrogen-bond donors (Lipinski definition) is 5. The quantitative estimate of drug-likeness (QED) is 0.0794. The van der Waals surface area contributed by atoms with Crippen molar-refractivity contribution in [2.75, 3.05) is 13.7 Å². The minimum Gasteiger partial charge on any atom is -0.390 e. The third-order valence-corrected chi connectivity index (χ3v) is 17.4. The molecule has 0 aromatic carbocycles. The summed E-state index contributed by atoms with van der Waals surface area (Å²) in [6.45, 7) is 7.51. The van der Waals surface area contributed by atoms with Gasteiger partial charge in [0.25, 0.3) is 0 Å². The Balaban J connectivity index is 1.30. The fourth-order valence-corrected chi connectivity index (χ4v) is 14.0. The molecule has 14 atom stereocenters. The van der Waals surface area contributed by atoms with E-state index in [4.69, 9.17) is 15.5 Å². The van der Waals surface area contributed by atoms with Gasteiger partial charge in [0.1, 0.15) is 23.6 Å². The van der Waals surface area contributed by atoms with Crippen molar-refractivity contribution < 1.29 is 29.6 Å². The maximum absolute atomic E-state index is 15.0. The molecule has 0 aromatic rings. The van der Waals surface area contributed by atoms with Gasteiger partial charge < -0.3 is 31.1 Å². The first-order chi connectivity index (χ1) is 29.4. The summed E-state index contributed by atoms with van der Waals surface area (Å²) < 4.78 is 5.77. The highest BCUT2D eigenvalue weighted by atomic mass is 16.5. The third-order valence-electron chi connectivity index (χ3n) is 17.4. The lowest BCUT2D eigenvalue weighted by Gasteiger charge is -2.44. The minimum atomic E-state index is -1.68. The molecule has 0 aromatic heterocycles. The van der Waals surface area contributed by atoms with Gasteiger partial charge in [-0.3, -0.25) is 9.59 Å². The van der Waals surface area contributed by atoms with Crippen LogP contribution in [-0.2, 0) is 14.3 Å². The molecule has 5 aliphatic carbocycles. The second kappa shape index (κ2) is 21.3. The molecule has 7 rings (SSSR count). The summed E-state index contributed by atoms with van der Waals surface area (Å²) in [6.07, 6.45) is 20.8. The Morgan fingerprint density at radius 2 is 1.69 bits per heavy atom. The predicted molar refractivity (Wildman–Crippen MR) is 242 cm³/mol. The first-order valence-electron chi connectivity index (χ1n) is 25.2. The van der Waals surface area contributed by atoms with Crippen LogP contribution in [0.15, 0.2) is 16.8 Å². The van der Waals surface area contributed by atoms with E-state index in [0.717, 1.165) is 102 Å². The lowest BCUT2D eigenvalue weighted by Crippen LogP contribution is -2.46. The highest BCUT2D eigenvalue weighted by Gasteiger charge is 2.54. The summed E-state index contributed by atoms with van der Waals surface area (Å²) in [5.74, 6) is 9.09. The standard InChI is InChI=1S/C52H82N3O6/c1-5-12-41(51(60)52(20-10-7-11-21-52)47-29-39(31-55-47)32(2)3)38-25-34(23-33-19-22-54-48(53)26-33)24-36-15-17-40(35-13-8-6-9-14-35)42-30-45(57)46(61-4)28-37(42)16-18-44(56)50(59)49(58)43(36)27-38/h29,31-38,40-43,45-46,48,50-51,54,57,59-60H,5-14,16,18-28,30,53H2,1-4H3/q+1. The van der Waals surface area contributed by atoms with E-state index in [2.05, 4.69) is 44.0 Å². The van der Waals surface area contributed by atoms with Gasteiger partial charge in [0, 0.05) is 37.2 Å². The van der Waals surface area contributed by atoms with Crippen molar-refractivity contribution in [1.82, 2.24) is 5.32 Å². The molecular weight excluding hydrogens is 763 g/mol. The molecule has 2 aliphatic heterocycles. The van der Waals surface area contributed by atoms with Gasteiger partial charge in [0.15, 0.2) is 23.4 Å². The van der Waals surface area contributed by atoms with Crippen LogP contribution in [0.2, 0.25) is 0 Å². The van der Waals surface area contributed by atoms with Gasteiger partial charge in [-0.1, -0.05) is 63.7 Å². The van der Waals surface area contributed by atoms with Gasteiger partial charge in [-0.25, -0.2) is 0 Å². The average molecular weight is 845 g/mol. The summed E-state index contributed by atoms with van der Waals surface area (Å²) in [5, 5.41) is 39.8. The molecular formula is C52H82N3O6+. The smallest absolute Gasteiger partial charge is 0.183 e. The van der Waals surface area contributed by atoms with Crippen LogP contribution >= 0.6 is 0 Å². The first kappa shape index (κ1) is 46.9. The van der Waals surface area contributed by atoms with Crippen LogP contribution in [-0.4, -0.2) is 77.3 Å². The molecule has 0 bridgehead atoms. The van der Waals surface area contributed by atoms with E-state index in [1.807, 2.05) is 6.21 Å². The maximum atomic E-state index is 15.0. The number of piperidine rings is 1. The van der Waals surface area contributed by atoms with Gasteiger partial charge in [-0.05, 0) is 152 Å². The molecule has 14 unspecified atom stereocenters. The Bertz CT molecular complexity index is 1590. The fourth-order valence-electron chi connectivity index (χ4n) is 14.0. The Labute approximate surface area is 368 Å². The van der Waals surface area contributed by atoms with Crippen molar-refractivity contribution >= 4 is 17.8 Å². The van der Waals surface area contributed by atoms with Crippen molar-refractivity contribution in [3.05, 3.63) is 17.7 Å². The van der Waals surface area contributed by atoms with Gasteiger partial charge in [-0.15, -0.1) is 4.99 Å².